The second kappa shape index (κ2) is 6.33. The van der Waals surface area contributed by atoms with Crippen molar-refractivity contribution in [2.45, 2.75) is 18.8 Å². The predicted octanol–water partition coefficient (Wildman–Crippen LogP) is 4.63. The summed E-state index contributed by atoms with van der Waals surface area (Å²) in [6, 6.07) is 22.5. The van der Waals surface area contributed by atoms with Crippen molar-refractivity contribution in [1.29, 1.82) is 5.26 Å². The van der Waals surface area contributed by atoms with Gasteiger partial charge in [0.2, 0.25) is 5.88 Å². The van der Waals surface area contributed by atoms with Crippen molar-refractivity contribution in [2.24, 2.45) is 5.73 Å². The molecule has 0 bridgehead atoms. The molecule has 2 N–H and O–H groups in total. The van der Waals surface area contributed by atoms with E-state index in [0.29, 0.717) is 5.57 Å². The first-order valence-corrected chi connectivity index (χ1v) is 8.39. The smallest absolute Gasteiger partial charge is 0.205 e. The van der Waals surface area contributed by atoms with Crippen LogP contribution < -0.4 is 5.73 Å². The van der Waals surface area contributed by atoms with Gasteiger partial charge in [-0.3, -0.25) is 0 Å². The van der Waals surface area contributed by atoms with E-state index < -0.39 is 0 Å². The van der Waals surface area contributed by atoms with E-state index in [1.54, 1.807) is 0 Å². The maximum absolute atomic E-state index is 9.61. The SMILES string of the molecule is N#CC1=C(N)OC2=C(CC/C2=C/c2ccccc2)[C@@H]1c1ccccc1. The van der Waals surface area contributed by atoms with Crippen LogP contribution in [0, 0.1) is 11.3 Å². The number of nitriles is 1. The number of allylic oxidation sites excluding steroid dienone is 3. The van der Waals surface area contributed by atoms with Gasteiger partial charge in [0.15, 0.2) is 0 Å². The van der Waals surface area contributed by atoms with Gasteiger partial charge < -0.3 is 10.5 Å². The first-order chi connectivity index (χ1) is 12.3. The number of benzene rings is 2. The maximum Gasteiger partial charge on any atom is 0.205 e. The van der Waals surface area contributed by atoms with Crippen molar-refractivity contribution >= 4 is 6.08 Å². The lowest BCUT2D eigenvalue weighted by Gasteiger charge is -2.26. The minimum atomic E-state index is -0.114. The third kappa shape index (κ3) is 2.72. The van der Waals surface area contributed by atoms with Crippen LogP contribution in [-0.4, -0.2) is 0 Å². The highest BCUT2D eigenvalue weighted by Crippen LogP contribution is 2.48. The first kappa shape index (κ1) is 15.3. The number of nitrogens with two attached hydrogens (primary N) is 1. The molecule has 122 valence electrons. The Hall–Kier alpha value is -3.25. The Morgan fingerprint density at radius 2 is 1.68 bits per heavy atom. The minimum Gasteiger partial charge on any atom is -0.440 e. The zero-order valence-corrected chi connectivity index (χ0v) is 13.8. The highest BCUT2D eigenvalue weighted by molar-refractivity contribution is 5.63. The van der Waals surface area contributed by atoms with E-state index >= 15 is 0 Å². The second-order valence-corrected chi connectivity index (χ2v) is 6.27. The van der Waals surface area contributed by atoms with E-state index in [-0.39, 0.29) is 11.8 Å². The van der Waals surface area contributed by atoms with Crippen molar-refractivity contribution in [2.75, 3.05) is 0 Å². The fourth-order valence-electron chi connectivity index (χ4n) is 3.61. The summed E-state index contributed by atoms with van der Waals surface area (Å²) in [4.78, 5) is 0. The lowest BCUT2D eigenvalue weighted by molar-refractivity contribution is 0.292. The number of hydrogen-bond donors (Lipinski definition) is 1. The van der Waals surface area contributed by atoms with Gasteiger partial charge in [-0.25, -0.2) is 0 Å². The van der Waals surface area contributed by atoms with Crippen molar-refractivity contribution in [3.63, 3.8) is 0 Å². The molecule has 0 radical (unpaired) electrons. The summed E-state index contributed by atoms with van der Waals surface area (Å²) in [6.07, 6.45) is 3.93. The van der Waals surface area contributed by atoms with Gasteiger partial charge in [0.1, 0.15) is 17.4 Å². The van der Waals surface area contributed by atoms with Gasteiger partial charge in [-0.2, -0.15) is 5.26 Å². The largest absolute Gasteiger partial charge is 0.440 e. The van der Waals surface area contributed by atoms with Gasteiger partial charge in [-0.05, 0) is 41.2 Å². The van der Waals surface area contributed by atoms with Gasteiger partial charge in [-0.15, -0.1) is 0 Å². The van der Waals surface area contributed by atoms with Crippen LogP contribution in [0.4, 0.5) is 0 Å². The van der Waals surface area contributed by atoms with Gasteiger partial charge in [0.05, 0.1) is 0 Å². The van der Waals surface area contributed by atoms with E-state index in [9.17, 15) is 5.26 Å². The average Bonchev–Trinajstić information content (AvgIpc) is 3.04. The third-order valence-corrected chi connectivity index (χ3v) is 4.76. The van der Waals surface area contributed by atoms with Gasteiger partial charge in [0, 0.05) is 5.92 Å². The summed E-state index contributed by atoms with van der Waals surface area (Å²) in [5.74, 6) is 0.946. The standard InChI is InChI=1S/C22H18N2O/c23-14-19-20(16-9-5-2-6-10-16)18-12-11-17(21(18)25-22(19)24)13-15-7-3-1-4-8-15/h1-10,13,20H,11-12,24H2/b17-13-/t20-/m0/s1. The molecule has 0 spiro atoms. The quantitative estimate of drug-likeness (QED) is 0.875. The maximum atomic E-state index is 9.61. The van der Waals surface area contributed by atoms with Gasteiger partial charge >= 0.3 is 0 Å². The van der Waals surface area contributed by atoms with Crippen molar-refractivity contribution in [1.82, 2.24) is 0 Å². The molecule has 2 aliphatic rings. The normalized spacial score (nSPS) is 21.1. The fourth-order valence-corrected chi connectivity index (χ4v) is 3.61. The monoisotopic (exact) mass is 326 g/mol. The molecule has 0 saturated heterocycles. The molecule has 1 heterocycles. The molecule has 0 aromatic heterocycles. The first-order valence-electron chi connectivity index (χ1n) is 8.39. The molecule has 0 unspecified atom stereocenters. The van der Waals surface area contributed by atoms with Crippen molar-refractivity contribution < 1.29 is 4.74 Å². The van der Waals surface area contributed by atoms with Crippen molar-refractivity contribution in [3.05, 3.63) is 100 Å². The van der Waals surface area contributed by atoms with E-state index in [1.165, 1.54) is 0 Å². The van der Waals surface area contributed by atoms with Gasteiger partial charge in [0.25, 0.3) is 0 Å². The summed E-state index contributed by atoms with van der Waals surface area (Å²) >= 11 is 0. The molecule has 4 rings (SSSR count). The van der Waals surface area contributed by atoms with E-state index in [4.69, 9.17) is 10.5 Å². The Labute approximate surface area is 147 Å². The zero-order chi connectivity index (χ0) is 17.2. The number of nitrogens with zero attached hydrogens (tertiary/aromatic N) is 1. The van der Waals surface area contributed by atoms with Crippen LogP contribution in [0.1, 0.15) is 29.9 Å². The molecule has 2 aromatic carbocycles. The third-order valence-electron chi connectivity index (χ3n) is 4.76. The lowest BCUT2D eigenvalue weighted by Crippen LogP contribution is -2.19. The van der Waals surface area contributed by atoms with E-state index in [0.717, 1.165) is 40.9 Å². The molecule has 1 aliphatic heterocycles. The molecule has 0 saturated carbocycles. The minimum absolute atomic E-state index is 0.114. The molecular formula is C22H18N2O. The van der Waals surface area contributed by atoms with Crippen LogP contribution in [0.15, 0.2) is 89.0 Å². The van der Waals surface area contributed by atoms with Gasteiger partial charge in [-0.1, -0.05) is 60.7 Å². The molecule has 3 heteroatoms. The number of hydrogen-bond acceptors (Lipinski definition) is 3. The molecule has 1 aliphatic carbocycles. The number of rotatable bonds is 2. The number of ether oxygens (including phenoxy) is 1. The Kier molecular flexibility index (Phi) is 3.87. The second-order valence-electron chi connectivity index (χ2n) is 6.27. The molecule has 0 fully saturated rings. The molecular weight excluding hydrogens is 308 g/mol. The Morgan fingerprint density at radius 3 is 2.36 bits per heavy atom. The Bertz CT molecular complexity index is 931. The van der Waals surface area contributed by atoms with Crippen LogP contribution in [0.5, 0.6) is 0 Å². The Balaban J connectivity index is 1.81. The summed E-state index contributed by atoms with van der Waals surface area (Å²) in [7, 11) is 0. The zero-order valence-electron chi connectivity index (χ0n) is 13.8. The van der Waals surface area contributed by atoms with Crippen LogP contribution in [0.25, 0.3) is 6.08 Å². The molecule has 1 atom stereocenters. The summed E-state index contributed by atoms with van der Waals surface area (Å²) in [5, 5.41) is 9.61. The molecule has 2 aromatic rings. The van der Waals surface area contributed by atoms with Crippen LogP contribution in [0.2, 0.25) is 0 Å². The average molecular weight is 326 g/mol. The van der Waals surface area contributed by atoms with Crippen LogP contribution in [-0.2, 0) is 4.74 Å². The fraction of sp³-hybridized carbons (Fsp3) is 0.136. The summed E-state index contributed by atoms with van der Waals surface area (Å²) in [6.45, 7) is 0. The van der Waals surface area contributed by atoms with E-state index in [1.807, 2.05) is 48.5 Å². The van der Waals surface area contributed by atoms with Crippen LogP contribution in [0.3, 0.4) is 0 Å². The topological polar surface area (TPSA) is 59.0 Å². The summed E-state index contributed by atoms with van der Waals surface area (Å²) < 4.78 is 5.90. The van der Waals surface area contributed by atoms with Crippen molar-refractivity contribution in [3.8, 4) is 6.07 Å². The highest BCUT2D eigenvalue weighted by Gasteiger charge is 2.36. The lowest BCUT2D eigenvalue weighted by atomic mass is 9.83. The Morgan fingerprint density at radius 1 is 1.00 bits per heavy atom. The van der Waals surface area contributed by atoms with Crippen LogP contribution >= 0.6 is 0 Å². The highest BCUT2D eigenvalue weighted by atomic mass is 16.5. The molecule has 3 nitrogen and oxygen atoms in total. The van der Waals surface area contributed by atoms with E-state index in [2.05, 4.69) is 24.3 Å². The predicted molar refractivity (Wildman–Crippen MR) is 97.8 cm³/mol. The summed E-state index contributed by atoms with van der Waals surface area (Å²) in [5.41, 5.74) is 11.1. The molecule has 25 heavy (non-hydrogen) atoms. The molecule has 0 amide bonds.